The first kappa shape index (κ1) is 14.4. The van der Waals surface area contributed by atoms with Crippen molar-refractivity contribution in [3.63, 3.8) is 0 Å². The monoisotopic (exact) mass is 301 g/mol. The summed E-state index contributed by atoms with van der Waals surface area (Å²) in [6, 6.07) is 6.38. The molecule has 0 saturated carbocycles. The van der Waals surface area contributed by atoms with Crippen molar-refractivity contribution in [2.45, 2.75) is 19.4 Å². The van der Waals surface area contributed by atoms with E-state index in [0.29, 0.717) is 23.8 Å². The van der Waals surface area contributed by atoms with Gasteiger partial charge < -0.3 is 9.84 Å². The van der Waals surface area contributed by atoms with Gasteiger partial charge >= 0.3 is 0 Å². The smallest absolute Gasteiger partial charge is 0.276 e. The summed E-state index contributed by atoms with van der Waals surface area (Å²) in [5, 5.41) is 7.11. The van der Waals surface area contributed by atoms with E-state index in [-0.39, 0.29) is 11.9 Å². The molecule has 3 rings (SSSR count). The number of halogens is 1. The van der Waals surface area contributed by atoms with Crippen molar-refractivity contribution in [3.05, 3.63) is 48.4 Å². The van der Waals surface area contributed by atoms with Gasteiger partial charge in [-0.05, 0) is 38.2 Å². The minimum Gasteiger partial charge on any atom is -0.332 e. The number of rotatable bonds is 5. The summed E-state index contributed by atoms with van der Waals surface area (Å²) in [4.78, 5) is 8.50. The standard InChI is InChI=1S/C15H16FN5O/c1-10(17-2)7-14-19-15(22-20-14)13-8-18-9-21(13)12-5-3-11(16)4-6-12/h3-6,8-10,17H,7H2,1-2H3. The molecule has 2 heterocycles. The van der Waals surface area contributed by atoms with E-state index in [1.807, 2.05) is 14.0 Å². The van der Waals surface area contributed by atoms with Gasteiger partial charge in [-0.25, -0.2) is 9.37 Å². The van der Waals surface area contributed by atoms with Crippen LogP contribution in [-0.2, 0) is 6.42 Å². The van der Waals surface area contributed by atoms with Gasteiger partial charge in [0.1, 0.15) is 11.5 Å². The van der Waals surface area contributed by atoms with Crippen LogP contribution in [0.2, 0.25) is 0 Å². The van der Waals surface area contributed by atoms with Crippen molar-refractivity contribution < 1.29 is 8.91 Å². The Hall–Kier alpha value is -2.54. The lowest BCUT2D eigenvalue weighted by atomic mass is 10.2. The average molecular weight is 301 g/mol. The first-order valence-electron chi connectivity index (χ1n) is 6.96. The van der Waals surface area contributed by atoms with Crippen LogP contribution in [0, 0.1) is 5.82 Å². The maximum atomic E-state index is 13.0. The summed E-state index contributed by atoms with van der Waals surface area (Å²) in [6.45, 7) is 2.04. The third kappa shape index (κ3) is 2.89. The van der Waals surface area contributed by atoms with Gasteiger partial charge in [0.05, 0.1) is 12.5 Å². The van der Waals surface area contributed by atoms with Crippen LogP contribution in [0.25, 0.3) is 17.3 Å². The first-order valence-corrected chi connectivity index (χ1v) is 6.96. The number of likely N-dealkylation sites (N-methyl/N-ethyl adjacent to an activating group) is 1. The molecule has 7 heteroatoms. The maximum Gasteiger partial charge on any atom is 0.276 e. The molecule has 0 bridgehead atoms. The quantitative estimate of drug-likeness (QED) is 0.782. The lowest BCUT2D eigenvalue weighted by Gasteiger charge is -2.05. The molecular formula is C15H16FN5O. The third-order valence-electron chi connectivity index (χ3n) is 3.41. The van der Waals surface area contributed by atoms with Crippen LogP contribution in [0.1, 0.15) is 12.7 Å². The van der Waals surface area contributed by atoms with Crippen molar-refractivity contribution in [3.8, 4) is 17.3 Å². The Balaban J connectivity index is 1.90. The molecule has 1 atom stereocenters. The van der Waals surface area contributed by atoms with Crippen LogP contribution < -0.4 is 5.32 Å². The Labute approximate surface area is 127 Å². The number of nitrogens with zero attached hydrogens (tertiary/aromatic N) is 4. The lowest BCUT2D eigenvalue weighted by molar-refractivity contribution is 0.416. The second kappa shape index (κ2) is 6.07. The molecule has 3 aromatic rings. The topological polar surface area (TPSA) is 68.8 Å². The molecule has 0 spiro atoms. The van der Waals surface area contributed by atoms with Crippen LogP contribution in [0.3, 0.4) is 0 Å². The fraction of sp³-hybridized carbons (Fsp3) is 0.267. The molecule has 2 aromatic heterocycles. The zero-order chi connectivity index (χ0) is 15.5. The van der Waals surface area contributed by atoms with Crippen LogP contribution in [0.5, 0.6) is 0 Å². The van der Waals surface area contributed by atoms with Gasteiger partial charge in [-0.3, -0.25) is 4.57 Å². The molecule has 0 aliphatic heterocycles. The number of hydrogen-bond donors (Lipinski definition) is 1. The Bertz CT molecular complexity index is 749. The van der Waals surface area contributed by atoms with E-state index in [4.69, 9.17) is 4.52 Å². The Morgan fingerprint density at radius 3 is 2.82 bits per heavy atom. The summed E-state index contributed by atoms with van der Waals surface area (Å²) < 4.78 is 20.1. The number of nitrogens with one attached hydrogen (secondary N) is 1. The molecule has 0 aliphatic carbocycles. The highest BCUT2D eigenvalue weighted by molar-refractivity contribution is 5.51. The van der Waals surface area contributed by atoms with Crippen molar-refractivity contribution in [2.75, 3.05) is 7.05 Å². The molecule has 6 nitrogen and oxygen atoms in total. The highest BCUT2D eigenvalue weighted by Crippen LogP contribution is 2.21. The zero-order valence-electron chi connectivity index (χ0n) is 12.3. The summed E-state index contributed by atoms with van der Waals surface area (Å²) in [6.07, 6.45) is 3.94. The number of imidazole rings is 1. The molecule has 0 saturated heterocycles. The normalized spacial score (nSPS) is 12.5. The second-order valence-electron chi connectivity index (χ2n) is 5.03. The van der Waals surface area contributed by atoms with Gasteiger partial charge in [0.25, 0.3) is 5.89 Å². The zero-order valence-corrected chi connectivity index (χ0v) is 12.3. The Morgan fingerprint density at radius 1 is 1.32 bits per heavy atom. The fourth-order valence-corrected chi connectivity index (χ4v) is 2.08. The Kier molecular flexibility index (Phi) is 3.97. The molecule has 0 aliphatic rings. The number of benzene rings is 1. The van der Waals surface area contributed by atoms with E-state index < -0.39 is 0 Å². The van der Waals surface area contributed by atoms with Crippen molar-refractivity contribution in [2.24, 2.45) is 0 Å². The molecule has 114 valence electrons. The van der Waals surface area contributed by atoms with Gasteiger partial charge in [-0.2, -0.15) is 4.98 Å². The summed E-state index contributed by atoms with van der Waals surface area (Å²) in [5.41, 5.74) is 1.44. The van der Waals surface area contributed by atoms with Gasteiger partial charge in [-0.15, -0.1) is 0 Å². The highest BCUT2D eigenvalue weighted by atomic mass is 19.1. The maximum absolute atomic E-state index is 13.0. The number of hydrogen-bond acceptors (Lipinski definition) is 5. The summed E-state index contributed by atoms with van der Waals surface area (Å²) in [7, 11) is 1.88. The van der Waals surface area contributed by atoms with Crippen LogP contribution in [0.4, 0.5) is 4.39 Å². The predicted molar refractivity (Wildman–Crippen MR) is 79.0 cm³/mol. The van der Waals surface area contributed by atoms with E-state index >= 15 is 0 Å². The van der Waals surface area contributed by atoms with E-state index in [1.165, 1.54) is 12.1 Å². The molecule has 1 unspecified atom stereocenters. The molecule has 0 radical (unpaired) electrons. The molecular weight excluding hydrogens is 285 g/mol. The van der Waals surface area contributed by atoms with Crippen LogP contribution in [-0.4, -0.2) is 32.8 Å². The molecule has 1 N–H and O–H groups in total. The lowest BCUT2D eigenvalue weighted by Crippen LogP contribution is -2.24. The van der Waals surface area contributed by atoms with Gasteiger partial charge in [0, 0.05) is 18.2 Å². The number of aromatic nitrogens is 4. The van der Waals surface area contributed by atoms with Crippen molar-refractivity contribution in [1.82, 2.24) is 25.0 Å². The third-order valence-corrected chi connectivity index (χ3v) is 3.41. The minimum atomic E-state index is -0.286. The second-order valence-corrected chi connectivity index (χ2v) is 5.03. The minimum absolute atomic E-state index is 0.257. The van der Waals surface area contributed by atoms with Crippen molar-refractivity contribution >= 4 is 0 Å². The Morgan fingerprint density at radius 2 is 2.09 bits per heavy atom. The van der Waals surface area contributed by atoms with Crippen LogP contribution in [0.15, 0.2) is 41.3 Å². The fourth-order valence-electron chi connectivity index (χ4n) is 2.08. The summed E-state index contributed by atoms with van der Waals surface area (Å²) >= 11 is 0. The van der Waals surface area contributed by atoms with E-state index in [0.717, 1.165) is 5.69 Å². The molecule has 0 amide bonds. The average Bonchev–Trinajstić information content (AvgIpc) is 3.16. The van der Waals surface area contributed by atoms with E-state index in [1.54, 1.807) is 29.2 Å². The molecule has 0 fully saturated rings. The largest absolute Gasteiger partial charge is 0.332 e. The first-order chi connectivity index (χ1) is 10.7. The van der Waals surface area contributed by atoms with E-state index in [9.17, 15) is 4.39 Å². The molecule has 22 heavy (non-hydrogen) atoms. The van der Waals surface area contributed by atoms with Gasteiger partial charge in [0.15, 0.2) is 5.82 Å². The SMILES string of the molecule is CNC(C)Cc1noc(-c2cncn2-c2ccc(F)cc2)n1. The van der Waals surface area contributed by atoms with Crippen molar-refractivity contribution in [1.29, 1.82) is 0 Å². The van der Waals surface area contributed by atoms with Gasteiger partial charge in [-0.1, -0.05) is 5.16 Å². The highest BCUT2D eigenvalue weighted by Gasteiger charge is 2.15. The summed E-state index contributed by atoms with van der Waals surface area (Å²) in [5.74, 6) is 0.732. The molecule has 1 aromatic carbocycles. The van der Waals surface area contributed by atoms with Gasteiger partial charge in [0.2, 0.25) is 0 Å². The van der Waals surface area contributed by atoms with Crippen LogP contribution >= 0.6 is 0 Å². The predicted octanol–water partition coefficient (Wildman–Crippen LogP) is 2.21. The van der Waals surface area contributed by atoms with E-state index in [2.05, 4.69) is 20.4 Å².